The van der Waals surface area contributed by atoms with Gasteiger partial charge in [0, 0.05) is 0 Å². The van der Waals surface area contributed by atoms with Crippen LogP contribution in [0.4, 0.5) is 0 Å². The van der Waals surface area contributed by atoms with Crippen LogP contribution < -0.4 is 80.9 Å². The van der Waals surface area contributed by atoms with Crippen molar-refractivity contribution in [2.24, 2.45) is 0 Å². The number of benzene rings is 1. The molecule has 0 aliphatic rings. The molecule has 1 aromatic carbocycles. The van der Waals surface area contributed by atoms with Crippen LogP contribution in [0.3, 0.4) is 0 Å². The SMILES string of the molecule is O=C(O)[C@H](O)c1ccccc1.[H-].[H-].[K+].[Na+]. The zero-order valence-electron chi connectivity index (χ0n) is 9.77. The minimum Gasteiger partial charge on any atom is -1.00 e. The van der Waals surface area contributed by atoms with E-state index in [1.165, 1.54) is 0 Å². The fraction of sp³-hybridized carbons (Fsp3) is 0.125. The van der Waals surface area contributed by atoms with E-state index in [2.05, 4.69) is 0 Å². The molecule has 0 amide bonds. The van der Waals surface area contributed by atoms with Gasteiger partial charge in [-0.15, -0.1) is 0 Å². The fourth-order valence-corrected chi connectivity index (χ4v) is 0.778. The van der Waals surface area contributed by atoms with E-state index in [9.17, 15) is 4.79 Å². The van der Waals surface area contributed by atoms with Crippen LogP contribution in [0.5, 0.6) is 0 Å². The zero-order chi connectivity index (χ0) is 8.27. The topological polar surface area (TPSA) is 57.5 Å². The van der Waals surface area contributed by atoms with Gasteiger partial charge in [0.1, 0.15) is 0 Å². The summed E-state index contributed by atoms with van der Waals surface area (Å²) in [6, 6.07) is 8.26. The smallest absolute Gasteiger partial charge is 1.00 e. The van der Waals surface area contributed by atoms with Gasteiger partial charge in [-0.05, 0) is 5.56 Å². The monoisotopic (exact) mass is 216 g/mol. The van der Waals surface area contributed by atoms with Gasteiger partial charge >= 0.3 is 86.9 Å². The number of carboxylic acid groups (broad SMARTS) is 1. The average Bonchev–Trinajstić information content (AvgIpc) is 2.05. The van der Waals surface area contributed by atoms with Gasteiger partial charge in [-0.3, -0.25) is 0 Å². The Balaban J connectivity index is -0.000000151. The summed E-state index contributed by atoms with van der Waals surface area (Å²) in [7, 11) is 0. The van der Waals surface area contributed by atoms with E-state index in [0.717, 1.165) is 0 Å². The Morgan fingerprint density at radius 1 is 1.31 bits per heavy atom. The Bertz CT molecular complexity index is 261. The predicted molar refractivity (Wildman–Crippen MR) is 41.3 cm³/mol. The molecule has 0 aliphatic carbocycles. The number of carboxylic acids is 1. The molecule has 0 spiro atoms. The molecular weight excluding hydrogens is 206 g/mol. The molecule has 13 heavy (non-hydrogen) atoms. The molecule has 1 rings (SSSR count). The number of hydrogen-bond donors (Lipinski definition) is 2. The van der Waals surface area contributed by atoms with Crippen molar-refractivity contribution in [1.29, 1.82) is 0 Å². The first kappa shape index (κ1) is 16.7. The normalized spacial score (nSPS) is 10.5. The molecule has 62 valence electrons. The Morgan fingerprint density at radius 2 is 1.77 bits per heavy atom. The van der Waals surface area contributed by atoms with Gasteiger partial charge < -0.3 is 13.1 Å². The van der Waals surface area contributed by atoms with E-state index in [-0.39, 0.29) is 83.8 Å². The zero-order valence-corrected chi connectivity index (χ0v) is 12.9. The predicted octanol–water partition coefficient (Wildman–Crippen LogP) is -4.96. The van der Waals surface area contributed by atoms with Gasteiger partial charge in [-0.25, -0.2) is 4.79 Å². The average molecular weight is 216 g/mol. The number of hydrogen-bond acceptors (Lipinski definition) is 2. The first-order chi connectivity index (χ1) is 5.22. The molecule has 0 aromatic heterocycles. The third kappa shape index (κ3) is 5.66. The molecule has 0 fully saturated rings. The third-order valence-electron chi connectivity index (χ3n) is 1.35. The maximum absolute atomic E-state index is 10.2. The van der Waals surface area contributed by atoms with Crippen LogP contribution in [-0.4, -0.2) is 16.2 Å². The molecular formula is C8H10KNaO3. The van der Waals surface area contributed by atoms with Gasteiger partial charge in [0.05, 0.1) is 0 Å². The Labute approximate surface area is 144 Å². The maximum Gasteiger partial charge on any atom is 1.00 e. The first-order valence-corrected chi connectivity index (χ1v) is 3.17. The van der Waals surface area contributed by atoms with E-state index in [1.54, 1.807) is 30.3 Å². The largest absolute Gasteiger partial charge is 1.00 e. The molecule has 0 unspecified atom stereocenters. The fourth-order valence-electron chi connectivity index (χ4n) is 0.778. The van der Waals surface area contributed by atoms with Crippen molar-refractivity contribution >= 4 is 5.97 Å². The minimum absolute atomic E-state index is 0. The summed E-state index contributed by atoms with van der Waals surface area (Å²) in [5, 5.41) is 17.4. The van der Waals surface area contributed by atoms with Crippen LogP contribution in [-0.2, 0) is 4.79 Å². The molecule has 0 bridgehead atoms. The van der Waals surface area contributed by atoms with Gasteiger partial charge in [0.2, 0.25) is 0 Å². The van der Waals surface area contributed by atoms with E-state index in [0.29, 0.717) is 5.56 Å². The second-order valence-corrected chi connectivity index (χ2v) is 2.15. The van der Waals surface area contributed by atoms with Crippen molar-refractivity contribution in [3.63, 3.8) is 0 Å². The summed E-state index contributed by atoms with van der Waals surface area (Å²) in [5.74, 6) is -1.23. The molecule has 1 aromatic rings. The number of aliphatic hydroxyl groups is 1. The number of aliphatic hydroxyl groups excluding tert-OH is 1. The van der Waals surface area contributed by atoms with Gasteiger partial charge in [0.15, 0.2) is 6.10 Å². The van der Waals surface area contributed by atoms with Crippen molar-refractivity contribution in [3.05, 3.63) is 35.9 Å². The van der Waals surface area contributed by atoms with E-state index in [1.807, 2.05) is 0 Å². The molecule has 0 saturated carbocycles. The molecule has 5 heteroatoms. The Morgan fingerprint density at radius 3 is 2.15 bits per heavy atom. The van der Waals surface area contributed by atoms with Crippen LogP contribution in [0.1, 0.15) is 14.5 Å². The third-order valence-corrected chi connectivity index (χ3v) is 1.35. The molecule has 1 atom stereocenters. The molecule has 0 aliphatic heterocycles. The van der Waals surface area contributed by atoms with Crippen LogP contribution in [0, 0.1) is 0 Å². The number of rotatable bonds is 2. The number of carbonyl (C=O) groups is 1. The van der Waals surface area contributed by atoms with Crippen LogP contribution in [0.25, 0.3) is 0 Å². The molecule has 0 radical (unpaired) electrons. The van der Waals surface area contributed by atoms with Crippen molar-refractivity contribution in [3.8, 4) is 0 Å². The van der Waals surface area contributed by atoms with Crippen molar-refractivity contribution in [2.45, 2.75) is 6.10 Å². The van der Waals surface area contributed by atoms with Crippen LogP contribution in [0.2, 0.25) is 0 Å². The van der Waals surface area contributed by atoms with Crippen LogP contribution in [0.15, 0.2) is 30.3 Å². The summed E-state index contributed by atoms with van der Waals surface area (Å²) in [4.78, 5) is 10.2. The van der Waals surface area contributed by atoms with Crippen molar-refractivity contribution < 1.29 is 98.8 Å². The van der Waals surface area contributed by atoms with E-state index >= 15 is 0 Å². The van der Waals surface area contributed by atoms with Gasteiger partial charge in [-0.2, -0.15) is 0 Å². The summed E-state index contributed by atoms with van der Waals surface area (Å²) in [6.45, 7) is 0. The van der Waals surface area contributed by atoms with Gasteiger partial charge in [-0.1, -0.05) is 30.3 Å². The summed E-state index contributed by atoms with van der Waals surface area (Å²) in [5.41, 5.74) is 0.403. The maximum atomic E-state index is 10.2. The molecule has 0 saturated heterocycles. The summed E-state index contributed by atoms with van der Waals surface area (Å²) in [6.07, 6.45) is -1.41. The Hall–Kier alpha value is 1.29. The minimum atomic E-state index is -1.41. The molecule has 3 nitrogen and oxygen atoms in total. The van der Waals surface area contributed by atoms with Crippen molar-refractivity contribution in [1.82, 2.24) is 0 Å². The van der Waals surface area contributed by atoms with Crippen LogP contribution >= 0.6 is 0 Å². The quantitative estimate of drug-likeness (QED) is 0.487. The standard InChI is InChI=1S/C8H8O3.K.Na.2H/c9-7(8(10)11)6-4-2-1-3-5-6;;;;/h1-5,7,9H,(H,10,11);;;;/q;2*+1;2*-1/t7-;;;;/m1..../s1. The first-order valence-electron chi connectivity index (χ1n) is 3.17. The second-order valence-electron chi connectivity index (χ2n) is 2.15. The van der Waals surface area contributed by atoms with Gasteiger partial charge in [0.25, 0.3) is 0 Å². The number of aliphatic carboxylic acids is 1. The van der Waals surface area contributed by atoms with E-state index < -0.39 is 12.1 Å². The van der Waals surface area contributed by atoms with E-state index in [4.69, 9.17) is 10.2 Å². The van der Waals surface area contributed by atoms with Crippen molar-refractivity contribution in [2.75, 3.05) is 0 Å². The summed E-state index contributed by atoms with van der Waals surface area (Å²) >= 11 is 0. The molecule has 2 N–H and O–H groups in total. The second kappa shape index (κ2) is 8.58. The Kier molecular flexibility index (Phi) is 11.0. The summed E-state index contributed by atoms with van der Waals surface area (Å²) < 4.78 is 0. The molecule has 0 heterocycles.